The van der Waals surface area contributed by atoms with Gasteiger partial charge in [-0.1, -0.05) is 0 Å². The van der Waals surface area contributed by atoms with Crippen LogP contribution in [-0.2, 0) is 6.54 Å². The lowest BCUT2D eigenvalue weighted by atomic mass is 10.1. The Kier molecular flexibility index (Phi) is 2.28. The number of aromatic carboxylic acids is 1. The van der Waals surface area contributed by atoms with Crippen LogP contribution in [0.3, 0.4) is 0 Å². The van der Waals surface area contributed by atoms with Crippen LogP contribution in [0, 0.1) is 5.92 Å². The molecule has 16 heavy (non-hydrogen) atoms. The summed E-state index contributed by atoms with van der Waals surface area (Å²) < 4.78 is 43.0. The lowest BCUT2D eigenvalue weighted by molar-refractivity contribution is -0.190. The first kappa shape index (κ1) is 10.8. The minimum absolute atomic E-state index is 0.0536. The maximum absolute atomic E-state index is 12.4. The van der Waals surface area contributed by atoms with E-state index >= 15 is 0 Å². The Hall–Kier alpha value is -1.73. The molecule has 0 saturated heterocycles. The first-order chi connectivity index (χ1) is 7.39. The number of nitrogens with zero attached hydrogens (tertiary/aromatic N) is 2. The zero-order valence-electron chi connectivity index (χ0n) is 7.86. The molecule has 8 heteroatoms. The van der Waals surface area contributed by atoms with Crippen LogP contribution >= 0.6 is 0 Å². The number of aromatic nitrogens is 2. The van der Waals surface area contributed by atoms with Crippen LogP contribution in [0.25, 0.3) is 0 Å². The third-order valence-electron chi connectivity index (χ3n) is 2.31. The molecule has 0 saturated carbocycles. The Balaban J connectivity index is 2.31. The van der Waals surface area contributed by atoms with Gasteiger partial charge in [-0.05, 0) is 0 Å². The Morgan fingerprint density at radius 2 is 2.31 bits per heavy atom. The summed E-state index contributed by atoms with van der Waals surface area (Å²) in [7, 11) is 0. The molecule has 0 radical (unpaired) electrons. The Bertz CT molecular complexity index is 427. The molecular formula is C8H7F3N2O3. The number of rotatable bonds is 1. The van der Waals surface area contributed by atoms with Crippen LogP contribution in [0.5, 0.6) is 5.88 Å². The Labute approximate surface area is 87.5 Å². The molecule has 2 rings (SSSR count). The molecule has 88 valence electrons. The monoisotopic (exact) mass is 236 g/mol. The van der Waals surface area contributed by atoms with E-state index in [1.807, 2.05) is 0 Å². The molecule has 1 aliphatic rings. The highest BCUT2D eigenvalue weighted by atomic mass is 19.4. The van der Waals surface area contributed by atoms with E-state index < -0.39 is 37.0 Å². The molecule has 0 bridgehead atoms. The number of ether oxygens (including phenoxy) is 1. The van der Waals surface area contributed by atoms with Crippen LogP contribution in [0.4, 0.5) is 13.2 Å². The van der Waals surface area contributed by atoms with E-state index in [4.69, 9.17) is 9.84 Å². The molecule has 1 unspecified atom stereocenters. The topological polar surface area (TPSA) is 64.3 Å². The predicted molar refractivity (Wildman–Crippen MR) is 44.2 cm³/mol. The molecular weight excluding hydrogens is 229 g/mol. The number of alkyl halides is 3. The van der Waals surface area contributed by atoms with E-state index in [-0.39, 0.29) is 5.88 Å². The summed E-state index contributed by atoms with van der Waals surface area (Å²) in [6, 6.07) is 0. The number of carboxylic acids is 1. The fraction of sp³-hybridized carbons (Fsp3) is 0.500. The highest BCUT2D eigenvalue weighted by Gasteiger charge is 2.43. The van der Waals surface area contributed by atoms with Crippen molar-refractivity contribution < 1.29 is 27.8 Å². The first-order valence-corrected chi connectivity index (χ1v) is 4.38. The van der Waals surface area contributed by atoms with Gasteiger partial charge in [0, 0.05) is 6.54 Å². The van der Waals surface area contributed by atoms with Crippen LogP contribution < -0.4 is 4.74 Å². The third kappa shape index (κ3) is 1.70. The van der Waals surface area contributed by atoms with Crippen LogP contribution in [-0.4, -0.2) is 33.4 Å². The van der Waals surface area contributed by atoms with Crippen LogP contribution in [0.15, 0.2) is 6.20 Å². The molecule has 1 aromatic heterocycles. The number of imidazole rings is 1. The van der Waals surface area contributed by atoms with Crippen molar-refractivity contribution >= 4 is 5.97 Å². The van der Waals surface area contributed by atoms with Crippen molar-refractivity contribution in [1.82, 2.24) is 9.55 Å². The summed E-state index contributed by atoms with van der Waals surface area (Å²) in [6.07, 6.45) is -3.30. The van der Waals surface area contributed by atoms with Crippen molar-refractivity contribution in [2.75, 3.05) is 6.61 Å². The van der Waals surface area contributed by atoms with Gasteiger partial charge in [-0.15, -0.1) is 0 Å². The van der Waals surface area contributed by atoms with Crippen molar-refractivity contribution in [3.63, 3.8) is 0 Å². The van der Waals surface area contributed by atoms with Gasteiger partial charge in [0.1, 0.15) is 12.5 Å². The molecule has 0 aliphatic carbocycles. The average molecular weight is 236 g/mol. The largest absolute Gasteiger partial charge is 0.477 e. The van der Waals surface area contributed by atoms with Crippen LogP contribution in [0.1, 0.15) is 10.6 Å². The van der Waals surface area contributed by atoms with Crippen molar-refractivity contribution in [3.05, 3.63) is 12.0 Å². The van der Waals surface area contributed by atoms with Gasteiger partial charge in [-0.25, -0.2) is 9.78 Å². The maximum atomic E-state index is 12.4. The first-order valence-electron chi connectivity index (χ1n) is 4.38. The number of carbonyl (C=O) groups is 1. The van der Waals surface area contributed by atoms with Crippen molar-refractivity contribution in [2.24, 2.45) is 5.92 Å². The second kappa shape index (κ2) is 3.39. The lowest BCUT2D eigenvalue weighted by Gasteiger charge is -2.26. The fourth-order valence-electron chi connectivity index (χ4n) is 1.48. The zero-order valence-corrected chi connectivity index (χ0v) is 7.86. The number of fused-ring (bicyclic) bond motifs is 1. The number of carboxylic acid groups (broad SMARTS) is 1. The van der Waals surface area contributed by atoms with Gasteiger partial charge in [0.2, 0.25) is 11.7 Å². The molecule has 2 heterocycles. The molecule has 5 nitrogen and oxygen atoms in total. The second-order valence-electron chi connectivity index (χ2n) is 3.39. The molecule has 0 amide bonds. The van der Waals surface area contributed by atoms with Gasteiger partial charge in [0.15, 0.2) is 0 Å². The minimum Gasteiger partial charge on any atom is -0.477 e. The van der Waals surface area contributed by atoms with Crippen LogP contribution in [0.2, 0.25) is 0 Å². The van der Waals surface area contributed by atoms with Gasteiger partial charge in [-0.2, -0.15) is 13.2 Å². The normalized spacial score (nSPS) is 20.1. The molecule has 0 aromatic carbocycles. The van der Waals surface area contributed by atoms with Gasteiger partial charge >= 0.3 is 12.1 Å². The maximum Gasteiger partial charge on any atom is 0.396 e. The second-order valence-corrected chi connectivity index (χ2v) is 3.39. The van der Waals surface area contributed by atoms with Crippen molar-refractivity contribution in [3.8, 4) is 5.88 Å². The van der Waals surface area contributed by atoms with E-state index in [1.165, 1.54) is 0 Å². The number of halogens is 3. The number of hydrogen-bond donors (Lipinski definition) is 1. The Morgan fingerprint density at radius 3 is 2.88 bits per heavy atom. The van der Waals surface area contributed by atoms with E-state index in [1.54, 1.807) is 0 Å². The summed E-state index contributed by atoms with van der Waals surface area (Å²) >= 11 is 0. The summed E-state index contributed by atoms with van der Waals surface area (Å²) in [6.45, 7) is -0.977. The van der Waals surface area contributed by atoms with Gasteiger partial charge in [0.25, 0.3) is 0 Å². The quantitative estimate of drug-likeness (QED) is 0.794. The van der Waals surface area contributed by atoms with E-state index in [0.717, 1.165) is 10.8 Å². The van der Waals surface area contributed by atoms with Crippen molar-refractivity contribution in [2.45, 2.75) is 12.7 Å². The summed E-state index contributed by atoms with van der Waals surface area (Å²) in [5.41, 5.74) is 0. The smallest absolute Gasteiger partial charge is 0.396 e. The summed E-state index contributed by atoms with van der Waals surface area (Å²) in [4.78, 5) is 14.2. The summed E-state index contributed by atoms with van der Waals surface area (Å²) in [5.74, 6) is -3.47. The van der Waals surface area contributed by atoms with E-state index in [0.29, 0.717) is 0 Å². The molecule has 1 aliphatic heterocycles. The third-order valence-corrected chi connectivity index (χ3v) is 2.31. The lowest BCUT2D eigenvalue weighted by Crippen LogP contribution is -2.37. The molecule has 1 aromatic rings. The highest BCUT2D eigenvalue weighted by Crippen LogP contribution is 2.33. The van der Waals surface area contributed by atoms with E-state index in [9.17, 15) is 18.0 Å². The van der Waals surface area contributed by atoms with Crippen molar-refractivity contribution in [1.29, 1.82) is 0 Å². The molecule has 0 fully saturated rings. The minimum atomic E-state index is -4.41. The fourth-order valence-corrected chi connectivity index (χ4v) is 1.48. The Morgan fingerprint density at radius 1 is 1.62 bits per heavy atom. The summed E-state index contributed by atoms with van der Waals surface area (Å²) in [5, 5.41) is 8.70. The van der Waals surface area contributed by atoms with Gasteiger partial charge in [-0.3, -0.25) is 4.57 Å². The van der Waals surface area contributed by atoms with Gasteiger partial charge in [0.05, 0.1) is 6.20 Å². The average Bonchev–Trinajstić information content (AvgIpc) is 2.58. The molecule has 1 N–H and O–H groups in total. The predicted octanol–water partition coefficient (Wildman–Crippen LogP) is 1.15. The zero-order chi connectivity index (χ0) is 11.9. The van der Waals surface area contributed by atoms with E-state index in [2.05, 4.69) is 4.98 Å². The highest BCUT2D eigenvalue weighted by molar-refractivity contribution is 5.83. The van der Waals surface area contributed by atoms with Gasteiger partial charge < -0.3 is 9.84 Å². The number of hydrogen-bond acceptors (Lipinski definition) is 3. The standard InChI is InChI=1S/C8H7F3N2O3/c9-8(10,11)4-2-13-5(16-3-4)1-12-6(13)7(14)15/h1,4H,2-3H2,(H,14,15). The molecule has 0 spiro atoms. The SMILES string of the molecule is O=C(O)c1ncc2n1CC(C(F)(F)F)CO2. The molecule has 1 atom stereocenters.